The summed E-state index contributed by atoms with van der Waals surface area (Å²) in [5.74, 6) is 3.38. The topological polar surface area (TPSA) is 28.4 Å². The molecule has 0 saturated heterocycles. The number of furan rings is 1. The molecule has 18 heavy (non-hydrogen) atoms. The van der Waals surface area contributed by atoms with Gasteiger partial charge in [-0.3, -0.25) is 4.90 Å². The Morgan fingerprint density at radius 2 is 2.22 bits per heavy atom. The van der Waals surface area contributed by atoms with Gasteiger partial charge in [0, 0.05) is 0 Å². The molecule has 0 amide bonds. The van der Waals surface area contributed by atoms with Crippen molar-refractivity contribution >= 4 is 11.8 Å². The Labute approximate surface area is 115 Å². The Morgan fingerprint density at radius 3 is 2.89 bits per heavy atom. The number of thioether (sulfide) groups is 1. The van der Waals surface area contributed by atoms with Crippen LogP contribution in [0.5, 0.6) is 0 Å². The molecule has 0 aliphatic carbocycles. The number of aryl methyl sites for hydroxylation is 1. The first-order valence-corrected chi connectivity index (χ1v) is 8.03. The van der Waals surface area contributed by atoms with Crippen molar-refractivity contribution in [1.29, 1.82) is 0 Å². The van der Waals surface area contributed by atoms with E-state index in [1.165, 1.54) is 17.7 Å². The summed E-state index contributed by atoms with van der Waals surface area (Å²) in [6.07, 6.45) is 3.39. The molecule has 0 spiro atoms. The second-order valence-electron chi connectivity index (χ2n) is 4.68. The molecule has 0 aliphatic heterocycles. The lowest BCUT2D eigenvalue weighted by Gasteiger charge is -2.14. The van der Waals surface area contributed by atoms with E-state index in [-0.39, 0.29) is 0 Å². The first-order chi connectivity index (χ1) is 8.67. The van der Waals surface area contributed by atoms with Crippen LogP contribution in [0.2, 0.25) is 0 Å². The molecule has 0 saturated carbocycles. The van der Waals surface area contributed by atoms with Crippen LogP contribution in [0.1, 0.15) is 30.4 Å². The molecular formula is C14H26N2OS. The fourth-order valence-corrected chi connectivity index (χ4v) is 2.32. The number of nitrogens with zero attached hydrogens (tertiary/aromatic N) is 1. The number of rotatable bonds is 9. The summed E-state index contributed by atoms with van der Waals surface area (Å²) in [5.41, 5.74) is 1.25. The zero-order valence-corrected chi connectivity index (χ0v) is 12.9. The second-order valence-corrected chi connectivity index (χ2v) is 5.67. The molecule has 4 heteroatoms. The molecule has 1 heterocycles. The first-order valence-electron chi connectivity index (χ1n) is 6.63. The van der Waals surface area contributed by atoms with Crippen LogP contribution in [-0.4, -0.2) is 37.0 Å². The monoisotopic (exact) mass is 270 g/mol. The van der Waals surface area contributed by atoms with Crippen LogP contribution in [0.3, 0.4) is 0 Å². The largest absolute Gasteiger partial charge is 0.463 e. The van der Waals surface area contributed by atoms with Crippen LogP contribution in [0.25, 0.3) is 0 Å². The van der Waals surface area contributed by atoms with Crippen molar-refractivity contribution in [3.63, 3.8) is 0 Å². The number of hydrogen-bond acceptors (Lipinski definition) is 4. The molecule has 1 rings (SSSR count). The number of nitrogens with one attached hydrogen (secondary N) is 1. The molecule has 104 valence electrons. The fourth-order valence-electron chi connectivity index (χ4n) is 1.91. The van der Waals surface area contributed by atoms with E-state index in [9.17, 15) is 0 Å². The molecule has 3 nitrogen and oxygen atoms in total. The van der Waals surface area contributed by atoms with Crippen molar-refractivity contribution in [3.05, 3.63) is 23.2 Å². The Kier molecular flexibility index (Phi) is 7.47. The minimum absolute atomic E-state index is 0.832. The Bertz CT molecular complexity index is 339. The average molecular weight is 270 g/mol. The average Bonchev–Trinajstić information content (AvgIpc) is 2.67. The Hall–Kier alpha value is -0.450. The van der Waals surface area contributed by atoms with E-state index < -0.39 is 0 Å². The van der Waals surface area contributed by atoms with Crippen LogP contribution >= 0.6 is 11.8 Å². The van der Waals surface area contributed by atoms with Crippen molar-refractivity contribution in [2.45, 2.75) is 33.4 Å². The maximum atomic E-state index is 5.88. The molecule has 1 aromatic rings. The van der Waals surface area contributed by atoms with Crippen LogP contribution in [-0.2, 0) is 13.1 Å². The fraction of sp³-hybridized carbons (Fsp3) is 0.714. The highest BCUT2D eigenvalue weighted by molar-refractivity contribution is 7.98. The zero-order chi connectivity index (χ0) is 13.4. The van der Waals surface area contributed by atoms with Gasteiger partial charge in [0.2, 0.25) is 0 Å². The van der Waals surface area contributed by atoms with Gasteiger partial charge in [0.1, 0.15) is 11.5 Å². The minimum Gasteiger partial charge on any atom is -0.463 e. The summed E-state index contributed by atoms with van der Waals surface area (Å²) in [7, 11) is 2.15. The van der Waals surface area contributed by atoms with Crippen molar-refractivity contribution in [2.24, 2.45) is 0 Å². The number of hydrogen-bond donors (Lipinski definition) is 1. The highest BCUT2D eigenvalue weighted by atomic mass is 32.2. The molecule has 0 atom stereocenters. The van der Waals surface area contributed by atoms with E-state index in [1.54, 1.807) is 0 Å². The Balaban J connectivity index is 2.41. The predicted molar refractivity (Wildman–Crippen MR) is 80.2 cm³/mol. The van der Waals surface area contributed by atoms with Crippen LogP contribution in [0, 0.1) is 6.92 Å². The molecule has 1 aromatic heterocycles. The van der Waals surface area contributed by atoms with Gasteiger partial charge in [-0.2, -0.15) is 11.8 Å². The third-order valence-corrected chi connectivity index (χ3v) is 3.62. The highest BCUT2D eigenvalue weighted by Gasteiger charge is 2.09. The summed E-state index contributed by atoms with van der Waals surface area (Å²) in [6.45, 7) is 8.07. The summed E-state index contributed by atoms with van der Waals surface area (Å²) >= 11 is 1.91. The molecular weight excluding hydrogens is 244 g/mol. The van der Waals surface area contributed by atoms with Gasteiger partial charge in [0.25, 0.3) is 0 Å². The van der Waals surface area contributed by atoms with E-state index in [2.05, 4.69) is 43.4 Å². The van der Waals surface area contributed by atoms with E-state index in [1.807, 2.05) is 11.8 Å². The predicted octanol–water partition coefficient (Wildman–Crippen LogP) is 2.88. The van der Waals surface area contributed by atoms with Gasteiger partial charge in [-0.25, -0.2) is 0 Å². The zero-order valence-electron chi connectivity index (χ0n) is 12.1. The smallest absolute Gasteiger partial charge is 0.120 e. The van der Waals surface area contributed by atoms with Gasteiger partial charge < -0.3 is 9.73 Å². The van der Waals surface area contributed by atoms with Gasteiger partial charge in [-0.05, 0) is 57.1 Å². The minimum atomic E-state index is 0.832. The van der Waals surface area contributed by atoms with Crippen LogP contribution < -0.4 is 5.32 Å². The highest BCUT2D eigenvalue weighted by Crippen LogP contribution is 2.16. The van der Waals surface area contributed by atoms with Crippen molar-refractivity contribution < 1.29 is 4.42 Å². The lowest BCUT2D eigenvalue weighted by atomic mass is 10.2. The maximum Gasteiger partial charge on any atom is 0.120 e. The summed E-state index contributed by atoms with van der Waals surface area (Å²) in [4.78, 5) is 2.32. The molecule has 0 aromatic carbocycles. The maximum absolute atomic E-state index is 5.88. The molecule has 0 aliphatic rings. The normalized spacial score (nSPS) is 11.4. The Morgan fingerprint density at radius 1 is 1.44 bits per heavy atom. The van der Waals surface area contributed by atoms with E-state index in [4.69, 9.17) is 4.42 Å². The summed E-state index contributed by atoms with van der Waals surface area (Å²) < 4.78 is 5.88. The molecule has 0 radical (unpaired) electrons. The molecule has 0 bridgehead atoms. The van der Waals surface area contributed by atoms with E-state index in [0.717, 1.165) is 37.7 Å². The van der Waals surface area contributed by atoms with Crippen molar-refractivity contribution in [3.8, 4) is 0 Å². The lowest BCUT2D eigenvalue weighted by Crippen LogP contribution is -2.19. The molecule has 0 fully saturated rings. The van der Waals surface area contributed by atoms with Crippen LogP contribution in [0.4, 0.5) is 0 Å². The summed E-state index contributed by atoms with van der Waals surface area (Å²) in [5, 5.41) is 3.30. The standard InChI is InChI=1S/C14H26N2OS/c1-5-15-10-14-12(2)9-13(17-14)11-16(3)7-6-8-18-4/h9,15H,5-8,10-11H2,1-4H3. The van der Waals surface area contributed by atoms with Crippen molar-refractivity contribution in [1.82, 2.24) is 10.2 Å². The SMILES string of the molecule is CCNCc1oc(CN(C)CCCSC)cc1C. The van der Waals surface area contributed by atoms with Gasteiger partial charge in [0.15, 0.2) is 0 Å². The van der Waals surface area contributed by atoms with Gasteiger partial charge in [0.05, 0.1) is 13.1 Å². The van der Waals surface area contributed by atoms with Crippen LogP contribution in [0.15, 0.2) is 10.5 Å². The quantitative estimate of drug-likeness (QED) is 0.699. The van der Waals surface area contributed by atoms with E-state index in [0.29, 0.717) is 0 Å². The molecule has 1 N–H and O–H groups in total. The van der Waals surface area contributed by atoms with E-state index >= 15 is 0 Å². The van der Waals surface area contributed by atoms with Crippen molar-refractivity contribution in [2.75, 3.05) is 32.1 Å². The second kappa shape index (κ2) is 8.62. The van der Waals surface area contributed by atoms with Gasteiger partial charge in [-0.15, -0.1) is 0 Å². The first kappa shape index (κ1) is 15.6. The lowest BCUT2D eigenvalue weighted by molar-refractivity contribution is 0.291. The van der Waals surface area contributed by atoms with Gasteiger partial charge >= 0.3 is 0 Å². The molecule has 0 unspecified atom stereocenters. The van der Waals surface area contributed by atoms with Gasteiger partial charge in [-0.1, -0.05) is 6.92 Å². The third kappa shape index (κ3) is 5.46. The summed E-state index contributed by atoms with van der Waals surface area (Å²) in [6, 6.07) is 2.16. The third-order valence-electron chi connectivity index (χ3n) is 2.92.